The number of H-pyrrole nitrogens is 1. The summed E-state index contributed by atoms with van der Waals surface area (Å²) < 4.78 is 50.6. The van der Waals surface area contributed by atoms with Gasteiger partial charge in [0, 0.05) is 0 Å². The van der Waals surface area contributed by atoms with Crippen molar-refractivity contribution in [2.45, 2.75) is 31.0 Å². The number of nitrogens with one attached hydrogen (secondary N) is 1. The molecule has 0 saturated carbocycles. The minimum absolute atomic E-state index is 0.403. The molecule has 2 heterocycles. The number of aromatic amines is 1. The predicted molar refractivity (Wildman–Crippen MR) is 93.4 cm³/mol. The maximum Gasteiger partial charge on any atom is 0.536 e. The first kappa shape index (κ1) is 26.0. The van der Waals surface area contributed by atoms with Crippen LogP contribution < -0.4 is 15.8 Å². The van der Waals surface area contributed by atoms with E-state index in [2.05, 4.69) is 13.1 Å². The zero-order valence-corrected chi connectivity index (χ0v) is 17.8. The largest absolute Gasteiger partial charge is 0.536 e. The van der Waals surface area contributed by atoms with Gasteiger partial charge < -0.3 is 39.3 Å². The fourth-order valence-corrected chi connectivity index (χ4v) is 5.53. The summed E-state index contributed by atoms with van der Waals surface area (Å²) in [4.78, 5) is 61.2. The van der Waals surface area contributed by atoms with E-state index >= 15 is 0 Å². The topological polar surface area (TPSA) is 285 Å². The SMILES string of the molecule is C[C@@]1(O)[C@H](O)[C@@H](CO)O[C@H]1n1cc(OP(=O)(O)OP(=O)(O)OP(=O)(O)O)c(=O)[nH]c1=O. The summed E-state index contributed by atoms with van der Waals surface area (Å²) in [6.45, 7) is 0.234. The van der Waals surface area contributed by atoms with Gasteiger partial charge in [-0.1, -0.05) is 0 Å². The van der Waals surface area contributed by atoms with Crippen LogP contribution in [-0.4, -0.2) is 68.9 Å². The summed E-state index contributed by atoms with van der Waals surface area (Å²) in [6, 6.07) is 0. The molecular formula is C10H17N2O16P3. The van der Waals surface area contributed by atoms with Crippen LogP contribution in [0.2, 0.25) is 0 Å². The van der Waals surface area contributed by atoms with Crippen molar-refractivity contribution >= 4 is 23.5 Å². The van der Waals surface area contributed by atoms with Crippen LogP contribution in [-0.2, 0) is 27.1 Å². The molecule has 1 aliphatic rings. The molecule has 2 rings (SSSR count). The number of aromatic nitrogens is 2. The molecule has 0 aromatic carbocycles. The van der Waals surface area contributed by atoms with Gasteiger partial charge in [0.05, 0.1) is 12.8 Å². The van der Waals surface area contributed by atoms with Crippen LogP contribution in [0.15, 0.2) is 15.8 Å². The second-order valence-corrected chi connectivity index (χ2v) is 10.6. The molecule has 6 atom stereocenters. The average molecular weight is 514 g/mol. The lowest BCUT2D eigenvalue weighted by molar-refractivity contribution is -0.0989. The van der Waals surface area contributed by atoms with Crippen molar-refractivity contribution < 1.29 is 66.5 Å². The summed E-state index contributed by atoms with van der Waals surface area (Å²) in [5.41, 5.74) is -4.95. The predicted octanol–water partition coefficient (Wildman–Crippen LogP) is -2.76. The van der Waals surface area contributed by atoms with Gasteiger partial charge in [-0.2, -0.15) is 8.62 Å². The smallest absolute Gasteiger partial charge is 0.396 e. The number of hydrogen-bond donors (Lipinski definition) is 8. The molecule has 18 nitrogen and oxygen atoms in total. The van der Waals surface area contributed by atoms with Crippen molar-refractivity contribution in [3.05, 3.63) is 27.0 Å². The van der Waals surface area contributed by atoms with Gasteiger partial charge in [-0.25, -0.2) is 18.5 Å². The summed E-state index contributed by atoms with van der Waals surface area (Å²) in [6.07, 6.45) is -4.42. The Hall–Kier alpha value is -1.23. The molecule has 0 aliphatic carbocycles. The van der Waals surface area contributed by atoms with Crippen LogP contribution >= 0.6 is 23.5 Å². The van der Waals surface area contributed by atoms with E-state index in [1.54, 1.807) is 4.98 Å². The quantitative estimate of drug-likeness (QED) is 0.163. The van der Waals surface area contributed by atoms with Crippen LogP contribution in [0.25, 0.3) is 0 Å². The molecule has 178 valence electrons. The summed E-state index contributed by atoms with van der Waals surface area (Å²) in [7, 11) is -17.3. The maximum absolute atomic E-state index is 12.1. The first-order valence-electron chi connectivity index (χ1n) is 7.74. The van der Waals surface area contributed by atoms with E-state index in [9.17, 15) is 43.5 Å². The number of ether oxygens (including phenoxy) is 1. The number of aliphatic hydroxyl groups excluding tert-OH is 2. The van der Waals surface area contributed by atoms with E-state index in [0.717, 1.165) is 6.92 Å². The van der Waals surface area contributed by atoms with Crippen molar-refractivity contribution in [3.63, 3.8) is 0 Å². The van der Waals surface area contributed by atoms with Crippen LogP contribution in [0, 0.1) is 0 Å². The molecule has 8 N–H and O–H groups in total. The third-order valence-electron chi connectivity index (χ3n) is 3.75. The van der Waals surface area contributed by atoms with E-state index in [1.165, 1.54) is 0 Å². The van der Waals surface area contributed by atoms with Crippen molar-refractivity contribution in [2.24, 2.45) is 0 Å². The molecule has 1 fully saturated rings. The van der Waals surface area contributed by atoms with Gasteiger partial charge in [0.15, 0.2) is 6.23 Å². The highest BCUT2D eigenvalue weighted by Crippen LogP contribution is 2.65. The molecule has 0 radical (unpaired) electrons. The summed E-state index contributed by atoms with van der Waals surface area (Å²) in [5, 5.41) is 29.5. The first-order chi connectivity index (χ1) is 13.9. The third kappa shape index (κ3) is 6.18. The molecular weight excluding hydrogens is 497 g/mol. The van der Waals surface area contributed by atoms with Gasteiger partial charge >= 0.3 is 29.2 Å². The standard InChI is InChI=1S/C10H17N2O16P3/c1-10(17)6(14)5(3-13)25-8(10)12-2-4(7(15)11-9(12)16)26-30(21,22)28-31(23,24)27-29(18,19)20/h2,5-6,8,13-14,17H,3H2,1H3,(H,21,22)(H,23,24)(H,11,15,16)(H2,18,19,20)/t5-,6-,8-,10-/m1/s1. The Morgan fingerprint density at radius 1 is 1.16 bits per heavy atom. The fraction of sp³-hybridized carbons (Fsp3) is 0.600. The van der Waals surface area contributed by atoms with Gasteiger partial charge in [0.1, 0.15) is 17.8 Å². The van der Waals surface area contributed by atoms with E-state index in [4.69, 9.17) is 19.4 Å². The molecule has 31 heavy (non-hydrogen) atoms. The first-order valence-corrected chi connectivity index (χ1v) is 12.3. The minimum atomic E-state index is -5.88. The van der Waals surface area contributed by atoms with Crippen molar-refractivity contribution in [3.8, 4) is 5.75 Å². The number of rotatable bonds is 8. The normalized spacial score (nSPS) is 30.5. The highest BCUT2D eigenvalue weighted by Gasteiger charge is 2.53. The molecule has 2 unspecified atom stereocenters. The van der Waals surface area contributed by atoms with Crippen molar-refractivity contribution in [1.82, 2.24) is 9.55 Å². The van der Waals surface area contributed by atoms with Crippen LogP contribution in [0.1, 0.15) is 13.2 Å². The lowest BCUT2D eigenvalue weighted by Crippen LogP contribution is -2.46. The molecule has 1 aromatic heterocycles. The van der Waals surface area contributed by atoms with E-state index < -0.39 is 71.1 Å². The Morgan fingerprint density at radius 3 is 2.23 bits per heavy atom. The monoisotopic (exact) mass is 514 g/mol. The molecule has 1 aromatic rings. The Balaban J connectivity index is 2.39. The minimum Gasteiger partial charge on any atom is -0.396 e. The molecule has 0 spiro atoms. The summed E-state index contributed by atoms with van der Waals surface area (Å²) >= 11 is 0. The van der Waals surface area contributed by atoms with E-state index in [-0.39, 0.29) is 0 Å². The average Bonchev–Trinajstić information content (AvgIpc) is 2.76. The highest BCUT2D eigenvalue weighted by atomic mass is 31.3. The van der Waals surface area contributed by atoms with Gasteiger partial charge in [-0.05, 0) is 6.92 Å². The zero-order valence-electron chi connectivity index (χ0n) is 15.1. The number of nitrogens with zero attached hydrogens (tertiary/aromatic N) is 1. The van der Waals surface area contributed by atoms with Gasteiger partial charge in [0.2, 0.25) is 5.75 Å². The third-order valence-corrected chi connectivity index (χ3v) is 7.51. The maximum atomic E-state index is 12.1. The Labute approximate surface area is 170 Å². The molecule has 0 amide bonds. The lowest BCUT2D eigenvalue weighted by atomic mass is 9.96. The van der Waals surface area contributed by atoms with Gasteiger partial charge in [-0.15, -0.1) is 0 Å². The molecule has 1 aliphatic heterocycles. The van der Waals surface area contributed by atoms with Crippen molar-refractivity contribution in [2.75, 3.05) is 6.61 Å². The Kier molecular flexibility index (Phi) is 7.23. The van der Waals surface area contributed by atoms with Crippen molar-refractivity contribution in [1.29, 1.82) is 0 Å². The Bertz CT molecular complexity index is 1090. The Morgan fingerprint density at radius 2 is 1.74 bits per heavy atom. The molecule has 1 saturated heterocycles. The fourth-order valence-electron chi connectivity index (χ4n) is 2.52. The van der Waals surface area contributed by atoms with Crippen LogP contribution in [0.5, 0.6) is 5.75 Å². The number of hydrogen-bond acceptors (Lipinski definition) is 12. The zero-order chi connectivity index (χ0) is 24.0. The van der Waals surface area contributed by atoms with E-state index in [0.29, 0.717) is 10.8 Å². The molecule has 21 heteroatoms. The van der Waals surface area contributed by atoms with Crippen LogP contribution in [0.3, 0.4) is 0 Å². The molecule has 0 bridgehead atoms. The highest BCUT2D eigenvalue weighted by molar-refractivity contribution is 7.66. The lowest BCUT2D eigenvalue weighted by Gasteiger charge is -2.27. The van der Waals surface area contributed by atoms with Gasteiger partial charge in [0.25, 0.3) is 5.56 Å². The second-order valence-electron chi connectivity index (χ2n) is 6.22. The number of phosphoric acid groups is 3. The number of phosphoric ester groups is 1. The van der Waals surface area contributed by atoms with E-state index in [1.807, 2.05) is 0 Å². The van der Waals surface area contributed by atoms with Crippen LogP contribution in [0.4, 0.5) is 0 Å². The number of aliphatic hydroxyl groups is 3. The summed E-state index contributed by atoms with van der Waals surface area (Å²) in [5.74, 6) is -1.22. The van der Waals surface area contributed by atoms with Gasteiger partial charge in [-0.3, -0.25) is 19.2 Å². The second kappa shape index (κ2) is 8.61.